The Morgan fingerprint density at radius 1 is 1.53 bits per heavy atom. The van der Waals surface area contributed by atoms with E-state index in [1.54, 1.807) is 11.3 Å². The summed E-state index contributed by atoms with van der Waals surface area (Å²) in [5, 5.41) is 12.8. The maximum absolute atomic E-state index is 8.37. The maximum Gasteiger partial charge on any atom is 0.0981 e. The fraction of sp³-hybridized carbons (Fsp3) is 0.636. The topological polar surface area (TPSA) is 48.7 Å². The van der Waals surface area contributed by atoms with Crippen molar-refractivity contribution in [2.24, 2.45) is 0 Å². The summed E-state index contributed by atoms with van der Waals surface area (Å²) >= 11 is 1.74. The van der Waals surface area contributed by atoms with Crippen molar-refractivity contribution in [3.63, 3.8) is 0 Å². The van der Waals surface area contributed by atoms with Gasteiger partial charge in [-0.25, -0.2) is 4.98 Å². The van der Waals surface area contributed by atoms with E-state index in [4.69, 9.17) is 5.26 Å². The zero-order valence-corrected chi connectivity index (χ0v) is 10.3. The van der Waals surface area contributed by atoms with E-state index >= 15 is 0 Å². The summed E-state index contributed by atoms with van der Waals surface area (Å²) in [5.41, 5.74) is 0.134. The van der Waals surface area contributed by atoms with Crippen molar-refractivity contribution < 1.29 is 0 Å². The molecule has 0 fully saturated rings. The van der Waals surface area contributed by atoms with Crippen LogP contribution in [0.5, 0.6) is 0 Å². The molecule has 1 N–H and O–H groups in total. The van der Waals surface area contributed by atoms with E-state index < -0.39 is 0 Å². The quantitative estimate of drug-likeness (QED) is 0.798. The molecule has 1 aromatic rings. The van der Waals surface area contributed by atoms with Crippen molar-refractivity contribution in [3.8, 4) is 6.07 Å². The lowest BCUT2D eigenvalue weighted by molar-refractivity contribution is 0.585. The SMILES string of the molecule is CC(C)(C)c1ncc(CNCCC#N)s1. The lowest BCUT2D eigenvalue weighted by Crippen LogP contribution is -2.13. The summed E-state index contributed by atoms with van der Waals surface area (Å²) in [5.74, 6) is 0. The third-order valence-electron chi connectivity index (χ3n) is 1.91. The molecule has 0 aliphatic heterocycles. The maximum atomic E-state index is 8.37. The number of nitrogens with one attached hydrogen (secondary N) is 1. The third-order valence-corrected chi connectivity index (χ3v) is 3.33. The standard InChI is InChI=1S/C11H17N3S/c1-11(2,3)10-14-8-9(15-10)7-13-6-4-5-12/h8,13H,4,6-7H2,1-3H3. The first-order chi connectivity index (χ1) is 7.04. The zero-order valence-electron chi connectivity index (χ0n) is 9.50. The molecule has 15 heavy (non-hydrogen) atoms. The van der Waals surface area contributed by atoms with Crippen LogP contribution < -0.4 is 5.32 Å². The average Bonchev–Trinajstić information content (AvgIpc) is 2.60. The van der Waals surface area contributed by atoms with Crippen LogP contribution in [0.3, 0.4) is 0 Å². The number of hydrogen-bond donors (Lipinski definition) is 1. The van der Waals surface area contributed by atoms with Crippen molar-refractivity contribution in [1.29, 1.82) is 5.26 Å². The molecule has 82 valence electrons. The van der Waals surface area contributed by atoms with Crippen LogP contribution in [0.2, 0.25) is 0 Å². The molecule has 1 aromatic heterocycles. The molecule has 0 bridgehead atoms. The molecule has 4 heteroatoms. The summed E-state index contributed by atoms with van der Waals surface area (Å²) in [6.45, 7) is 8.06. The zero-order chi connectivity index (χ0) is 11.3. The minimum Gasteiger partial charge on any atom is -0.311 e. The molecule has 0 saturated heterocycles. The van der Waals surface area contributed by atoms with Crippen LogP contribution in [0.4, 0.5) is 0 Å². The Morgan fingerprint density at radius 3 is 2.80 bits per heavy atom. The lowest BCUT2D eigenvalue weighted by Gasteiger charge is -2.13. The van der Waals surface area contributed by atoms with E-state index in [2.05, 4.69) is 37.1 Å². The van der Waals surface area contributed by atoms with E-state index in [0.29, 0.717) is 6.42 Å². The Bertz CT molecular complexity index is 343. The number of nitriles is 1. The Hall–Kier alpha value is -0.920. The largest absolute Gasteiger partial charge is 0.311 e. The Labute approximate surface area is 95.2 Å². The first kappa shape index (κ1) is 12.2. The minimum absolute atomic E-state index is 0.134. The van der Waals surface area contributed by atoms with Crippen molar-refractivity contribution in [2.45, 2.75) is 39.2 Å². The molecular formula is C11H17N3S. The molecule has 0 atom stereocenters. The normalized spacial score (nSPS) is 11.3. The van der Waals surface area contributed by atoms with Crippen LogP contribution in [-0.2, 0) is 12.0 Å². The molecular weight excluding hydrogens is 206 g/mol. The summed E-state index contributed by atoms with van der Waals surface area (Å²) in [6, 6.07) is 2.11. The second kappa shape index (κ2) is 5.24. The molecule has 0 aliphatic carbocycles. The van der Waals surface area contributed by atoms with Crippen LogP contribution in [0, 0.1) is 11.3 Å². The fourth-order valence-electron chi connectivity index (χ4n) is 1.09. The van der Waals surface area contributed by atoms with Gasteiger partial charge in [-0.1, -0.05) is 20.8 Å². The Morgan fingerprint density at radius 2 is 2.27 bits per heavy atom. The van der Waals surface area contributed by atoms with Gasteiger partial charge in [-0.2, -0.15) is 5.26 Å². The van der Waals surface area contributed by atoms with Crippen LogP contribution >= 0.6 is 11.3 Å². The molecule has 3 nitrogen and oxygen atoms in total. The number of aromatic nitrogens is 1. The molecule has 0 aliphatic rings. The predicted molar refractivity (Wildman–Crippen MR) is 62.8 cm³/mol. The number of rotatable bonds is 4. The van der Waals surface area contributed by atoms with Gasteiger partial charge < -0.3 is 5.32 Å². The van der Waals surface area contributed by atoms with Gasteiger partial charge in [0.15, 0.2) is 0 Å². The van der Waals surface area contributed by atoms with E-state index in [9.17, 15) is 0 Å². The van der Waals surface area contributed by atoms with Gasteiger partial charge >= 0.3 is 0 Å². The van der Waals surface area contributed by atoms with Gasteiger partial charge in [0.2, 0.25) is 0 Å². The van der Waals surface area contributed by atoms with Crippen molar-refractivity contribution in [2.75, 3.05) is 6.54 Å². The summed E-state index contributed by atoms with van der Waals surface area (Å²) < 4.78 is 0. The van der Waals surface area contributed by atoms with Gasteiger partial charge in [0.05, 0.1) is 11.1 Å². The lowest BCUT2D eigenvalue weighted by atomic mass is 9.98. The van der Waals surface area contributed by atoms with Gasteiger partial charge in [0.1, 0.15) is 0 Å². The van der Waals surface area contributed by atoms with Gasteiger partial charge in [-0.15, -0.1) is 11.3 Å². The Balaban J connectivity index is 2.44. The van der Waals surface area contributed by atoms with E-state index in [1.165, 1.54) is 9.88 Å². The predicted octanol–water partition coefficient (Wildman–Crippen LogP) is 2.44. The fourth-order valence-corrected chi connectivity index (χ4v) is 2.03. The van der Waals surface area contributed by atoms with E-state index in [1.807, 2.05) is 6.20 Å². The van der Waals surface area contributed by atoms with Crippen molar-refractivity contribution >= 4 is 11.3 Å². The van der Waals surface area contributed by atoms with Crippen molar-refractivity contribution in [3.05, 3.63) is 16.1 Å². The Kier molecular flexibility index (Phi) is 4.25. The number of hydrogen-bond acceptors (Lipinski definition) is 4. The second-order valence-corrected chi connectivity index (χ2v) is 5.58. The highest BCUT2D eigenvalue weighted by atomic mass is 32.1. The van der Waals surface area contributed by atoms with Gasteiger partial charge in [-0.05, 0) is 0 Å². The molecule has 0 spiro atoms. The van der Waals surface area contributed by atoms with Gasteiger partial charge in [0, 0.05) is 36.0 Å². The van der Waals surface area contributed by atoms with E-state index in [-0.39, 0.29) is 5.41 Å². The smallest absolute Gasteiger partial charge is 0.0981 e. The molecule has 0 amide bonds. The van der Waals surface area contributed by atoms with Gasteiger partial charge in [0.25, 0.3) is 0 Å². The summed E-state index contributed by atoms with van der Waals surface area (Å²) in [4.78, 5) is 5.63. The highest BCUT2D eigenvalue weighted by Gasteiger charge is 2.17. The summed E-state index contributed by atoms with van der Waals surface area (Å²) in [6.07, 6.45) is 2.48. The molecule has 1 rings (SSSR count). The molecule has 0 aromatic carbocycles. The number of nitrogens with zero attached hydrogens (tertiary/aromatic N) is 2. The molecule has 0 unspecified atom stereocenters. The summed E-state index contributed by atoms with van der Waals surface area (Å²) in [7, 11) is 0. The highest BCUT2D eigenvalue weighted by Crippen LogP contribution is 2.26. The number of thiazole rings is 1. The minimum atomic E-state index is 0.134. The highest BCUT2D eigenvalue weighted by molar-refractivity contribution is 7.11. The van der Waals surface area contributed by atoms with Crippen LogP contribution in [-0.4, -0.2) is 11.5 Å². The first-order valence-corrected chi connectivity index (χ1v) is 5.88. The monoisotopic (exact) mass is 223 g/mol. The van der Waals surface area contributed by atoms with Crippen LogP contribution in [0.1, 0.15) is 37.1 Å². The van der Waals surface area contributed by atoms with Crippen LogP contribution in [0.25, 0.3) is 0 Å². The van der Waals surface area contributed by atoms with Gasteiger partial charge in [-0.3, -0.25) is 0 Å². The molecule has 1 heterocycles. The first-order valence-electron chi connectivity index (χ1n) is 5.07. The molecule has 0 radical (unpaired) electrons. The third kappa shape index (κ3) is 3.98. The average molecular weight is 223 g/mol. The van der Waals surface area contributed by atoms with Crippen molar-refractivity contribution in [1.82, 2.24) is 10.3 Å². The molecule has 0 saturated carbocycles. The van der Waals surface area contributed by atoms with E-state index in [0.717, 1.165) is 13.1 Å². The van der Waals surface area contributed by atoms with Crippen LogP contribution in [0.15, 0.2) is 6.20 Å². The second-order valence-electron chi connectivity index (χ2n) is 4.47.